The molecule has 1 heteroatoms. The summed E-state index contributed by atoms with van der Waals surface area (Å²) in [5, 5.41) is 2.53. The van der Waals surface area contributed by atoms with Crippen molar-refractivity contribution >= 4 is 27.8 Å². The summed E-state index contributed by atoms with van der Waals surface area (Å²) in [5.41, 5.74) is 14.6. The Morgan fingerprint density at radius 3 is 2.11 bits per heavy atom. The van der Waals surface area contributed by atoms with E-state index in [1.807, 2.05) is 0 Å². The number of benzene rings is 6. The lowest BCUT2D eigenvalue weighted by Crippen LogP contribution is -2.17. The van der Waals surface area contributed by atoms with E-state index in [1.165, 1.54) is 104 Å². The van der Waals surface area contributed by atoms with Gasteiger partial charge in [0.25, 0.3) is 0 Å². The highest BCUT2D eigenvalue weighted by Crippen LogP contribution is 2.53. The van der Waals surface area contributed by atoms with Crippen LogP contribution in [0.25, 0.3) is 33.0 Å². The van der Waals surface area contributed by atoms with Gasteiger partial charge in [-0.25, -0.2) is 0 Å². The Kier molecular flexibility index (Phi) is 7.52. The van der Waals surface area contributed by atoms with Crippen LogP contribution in [0.4, 0.5) is 17.1 Å². The first-order valence-corrected chi connectivity index (χ1v) is 17.7. The second-order valence-electron chi connectivity index (χ2n) is 14.6. The minimum absolute atomic E-state index is 0.0896. The molecule has 8 rings (SSSR count). The van der Waals surface area contributed by atoms with Crippen LogP contribution in [-0.2, 0) is 5.41 Å². The van der Waals surface area contributed by atoms with E-state index in [0.717, 1.165) is 0 Å². The van der Waals surface area contributed by atoms with Crippen LogP contribution >= 0.6 is 0 Å². The van der Waals surface area contributed by atoms with E-state index < -0.39 is 0 Å². The fourth-order valence-electron chi connectivity index (χ4n) is 8.54. The standard InChI is InChI=1S/C46H45N/c1-31(2)38-20-13-21-41-45(38)40-28-27-37(30-42(40)46(41,3)4)47(36-25-22-33(23-26-36)32-14-7-5-8-15-32)43-29-24-34-16-11-12-19-39(34)44(43)35-17-9-6-10-18-35/h6,9-13,16-32H,5,7-8,14-15H2,1-4H3. The van der Waals surface area contributed by atoms with Crippen LogP contribution in [-0.4, -0.2) is 0 Å². The average Bonchev–Trinajstić information content (AvgIpc) is 3.35. The first-order valence-electron chi connectivity index (χ1n) is 17.7. The summed E-state index contributed by atoms with van der Waals surface area (Å²) in [5.74, 6) is 1.15. The van der Waals surface area contributed by atoms with Gasteiger partial charge < -0.3 is 4.90 Å². The quantitative estimate of drug-likeness (QED) is 0.181. The molecule has 0 spiro atoms. The van der Waals surface area contributed by atoms with Gasteiger partial charge in [0, 0.05) is 22.4 Å². The molecule has 2 aliphatic rings. The van der Waals surface area contributed by atoms with Gasteiger partial charge in [0.05, 0.1) is 5.69 Å². The molecule has 0 heterocycles. The van der Waals surface area contributed by atoms with Crippen molar-refractivity contribution in [2.24, 2.45) is 0 Å². The predicted octanol–water partition coefficient (Wildman–Crippen LogP) is 13.5. The molecule has 1 saturated carbocycles. The molecular weight excluding hydrogens is 567 g/mol. The summed E-state index contributed by atoms with van der Waals surface area (Å²) in [6.45, 7) is 9.44. The number of nitrogens with zero attached hydrogens (tertiary/aromatic N) is 1. The SMILES string of the molecule is CC(C)c1cccc2c1-c1ccc(N(c3ccc(C4CCCCC4)cc3)c3ccc4ccccc4c3-c3ccccc3)cc1C2(C)C. The predicted molar refractivity (Wildman–Crippen MR) is 202 cm³/mol. The number of hydrogen-bond donors (Lipinski definition) is 0. The summed E-state index contributed by atoms with van der Waals surface area (Å²) in [6, 6.07) is 48.1. The van der Waals surface area contributed by atoms with Gasteiger partial charge in [0.15, 0.2) is 0 Å². The van der Waals surface area contributed by atoms with Crippen molar-refractivity contribution in [2.45, 2.75) is 77.0 Å². The van der Waals surface area contributed by atoms with Crippen LogP contribution in [0, 0.1) is 0 Å². The largest absolute Gasteiger partial charge is 0.310 e. The second-order valence-corrected chi connectivity index (χ2v) is 14.6. The van der Waals surface area contributed by atoms with Crippen molar-refractivity contribution in [3.05, 3.63) is 150 Å². The fraction of sp³-hybridized carbons (Fsp3) is 0.261. The van der Waals surface area contributed by atoms with Crippen LogP contribution < -0.4 is 4.90 Å². The zero-order chi connectivity index (χ0) is 32.1. The Morgan fingerprint density at radius 2 is 1.34 bits per heavy atom. The van der Waals surface area contributed by atoms with Gasteiger partial charge in [0.1, 0.15) is 0 Å². The molecule has 0 bridgehead atoms. The fourth-order valence-corrected chi connectivity index (χ4v) is 8.54. The van der Waals surface area contributed by atoms with E-state index >= 15 is 0 Å². The van der Waals surface area contributed by atoms with Crippen LogP contribution in [0.5, 0.6) is 0 Å². The lowest BCUT2D eigenvalue weighted by Gasteiger charge is -2.31. The molecule has 6 aromatic rings. The highest BCUT2D eigenvalue weighted by Gasteiger charge is 2.37. The topological polar surface area (TPSA) is 3.24 Å². The first-order chi connectivity index (χ1) is 22.9. The normalized spacial score (nSPS) is 15.5. The Labute approximate surface area is 280 Å². The Balaban J connectivity index is 1.35. The smallest absolute Gasteiger partial charge is 0.0546 e. The highest BCUT2D eigenvalue weighted by atomic mass is 15.1. The maximum absolute atomic E-state index is 2.52. The van der Waals surface area contributed by atoms with E-state index in [0.29, 0.717) is 11.8 Å². The number of fused-ring (bicyclic) bond motifs is 4. The lowest BCUT2D eigenvalue weighted by molar-refractivity contribution is 0.443. The van der Waals surface area contributed by atoms with Crippen LogP contribution in [0.2, 0.25) is 0 Å². The van der Waals surface area contributed by atoms with Gasteiger partial charge in [-0.15, -0.1) is 0 Å². The summed E-state index contributed by atoms with van der Waals surface area (Å²) in [6.07, 6.45) is 6.70. The van der Waals surface area contributed by atoms with Gasteiger partial charge >= 0.3 is 0 Å². The lowest BCUT2D eigenvalue weighted by atomic mass is 9.81. The van der Waals surface area contributed by atoms with Gasteiger partial charge in [-0.3, -0.25) is 0 Å². The Morgan fingerprint density at radius 1 is 0.617 bits per heavy atom. The summed E-state index contributed by atoms with van der Waals surface area (Å²) >= 11 is 0. The van der Waals surface area contributed by atoms with Crippen molar-refractivity contribution in [1.82, 2.24) is 0 Å². The second kappa shape index (κ2) is 11.9. The molecule has 0 saturated heterocycles. The molecule has 1 fully saturated rings. The minimum atomic E-state index is -0.0896. The van der Waals surface area contributed by atoms with E-state index in [1.54, 1.807) is 0 Å². The molecule has 0 N–H and O–H groups in total. The Hall–Kier alpha value is -4.62. The zero-order valence-electron chi connectivity index (χ0n) is 28.3. The molecule has 6 aromatic carbocycles. The molecule has 0 unspecified atom stereocenters. The molecule has 0 atom stereocenters. The van der Waals surface area contributed by atoms with Gasteiger partial charge in [-0.05, 0) is 105 Å². The number of hydrogen-bond acceptors (Lipinski definition) is 1. The van der Waals surface area contributed by atoms with Crippen LogP contribution in [0.1, 0.15) is 93.9 Å². The summed E-state index contributed by atoms with van der Waals surface area (Å²) in [7, 11) is 0. The Bertz CT molecular complexity index is 2060. The van der Waals surface area contributed by atoms with Crippen LogP contribution in [0.15, 0.2) is 127 Å². The molecule has 47 heavy (non-hydrogen) atoms. The van der Waals surface area contributed by atoms with Crippen molar-refractivity contribution in [2.75, 3.05) is 4.90 Å². The van der Waals surface area contributed by atoms with Crippen molar-refractivity contribution in [3.63, 3.8) is 0 Å². The van der Waals surface area contributed by atoms with Gasteiger partial charge in [-0.1, -0.05) is 144 Å². The minimum Gasteiger partial charge on any atom is -0.310 e. The molecule has 0 amide bonds. The molecular formula is C46H45N. The van der Waals surface area contributed by atoms with Gasteiger partial charge in [-0.2, -0.15) is 0 Å². The third-order valence-electron chi connectivity index (χ3n) is 11.0. The molecule has 0 aliphatic heterocycles. The third kappa shape index (κ3) is 5.08. The first kappa shape index (κ1) is 29.8. The van der Waals surface area contributed by atoms with Gasteiger partial charge in [0.2, 0.25) is 0 Å². The summed E-state index contributed by atoms with van der Waals surface area (Å²) < 4.78 is 0. The summed E-state index contributed by atoms with van der Waals surface area (Å²) in [4.78, 5) is 2.52. The maximum Gasteiger partial charge on any atom is 0.0546 e. The molecule has 0 radical (unpaired) electrons. The maximum atomic E-state index is 2.52. The molecule has 234 valence electrons. The molecule has 2 aliphatic carbocycles. The van der Waals surface area contributed by atoms with E-state index in [-0.39, 0.29) is 5.41 Å². The monoisotopic (exact) mass is 611 g/mol. The molecule has 1 nitrogen and oxygen atoms in total. The van der Waals surface area contributed by atoms with Crippen molar-refractivity contribution in [1.29, 1.82) is 0 Å². The average molecular weight is 612 g/mol. The number of anilines is 3. The van der Waals surface area contributed by atoms with E-state index in [4.69, 9.17) is 0 Å². The van der Waals surface area contributed by atoms with E-state index in [2.05, 4.69) is 160 Å². The zero-order valence-corrected chi connectivity index (χ0v) is 28.3. The van der Waals surface area contributed by atoms with Crippen LogP contribution in [0.3, 0.4) is 0 Å². The van der Waals surface area contributed by atoms with Crippen molar-refractivity contribution < 1.29 is 0 Å². The van der Waals surface area contributed by atoms with E-state index in [9.17, 15) is 0 Å². The third-order valence-corrected chi connectivity index (χ3v) is 11.0. The van der Waals surface area contributed by atoms with Crippen molar-refractivity contribution in [3.8, 4) is 22.3 Å². The molecule has 0 aromatic heterocycles. The number of rotatable bonds is 6. The highest BCUT2D eigenvalue weighted by molar-refractivity contribution is 6.05.